The van der Waals surface area contributed by atoms with Crippen molar-refractivity contribution < 1.29 is 14.4 Å². The number of benzene rings is 3. The number of hydrogen-bond acceptors (Lipinski definition) is 6. The fourth-order valence-electron chi connectivity index (χ4n) is 3.61. The number of nitrogens with zero attached hydrogens (tertiary/aromatic N) is 3. The molecular formula is C25H22N4O5. The molecule has 34 heavy (non-hydrogen) atoms. The average molecular weight is 458 g/mol. The Morgan fingerprint density at radius 1 is 1.00 bits per heavy atom. The summed E-state index contributed by atoms with van der Waals surface area (Å²) in [5, 5.41) is 14.2. The fourth-order valence-corrected chi connectivity index (χ4v) is 3.61. The molecule has 0 radical (unpaired) electrons. The summed E-state index contributed by atoms with van der Waals surface area (Å²) in [6.45, 7) is 1.75. The fraction of sp³-hybridized carbons (Fsp3) is 0.120. The van der Waals surface area contributed by atoms with E-state index in [1.807, 2.05) is 30.3 Å². The molecule has 0 aliphatic carbocycles. The molecule has 172 valence electrons. The molecule has 9 heteroatoms. The van der Waals surface area contributed by atoms with Crippen molar-refractivity contribution in [2.75, 3.05) is 14.2 Å². The highest BCUT2D eigenvalue weighted by Crippen LogP contribution is 2.32. The lowest BCUT2D eigenvalue weighted by molar-refractivity contribution is -0.384. The highest BCUT2D eigenvalue weighted by Gasteiger charge is 2.20. The first-order valence-electron chi connectivity index (χ1n) is 10.4. The van der Waals surface area contributed by atoms with Gasteiger partial charge in [0.15, 0.2) is 0 Å². The number of hydrogen-bond donors (Lipinski definition) is 1. The Morgan fingerprint density at radius 3 is 2.32 bits per heavy atom. The molecule has 0 bridgehead atoms. The normalized spacial score (nSPS) is 11.3. The highest BCUT2D eigenvalue weighted by molar-refractivity contribution is 6.05. The smallest absolute Gasteiger partial charge is 0.280 e. The van der Waals surface area contributed by atoms with E-state index >= 15 is 0 Å². The maximum Gasteiger partial charge on any atom is 0.280 e. The molecule has 3 aromatic carbocycles. The summed E-state index contributed by atoms with van der Waals surface area (Å²) in [5.41, 5.74) is 2.79. The van der Waals surface area contributed by atoms with Crippen molar-refractivity contribution in [1.82, 2.24) is 9.78 Å². The number of non-ortho nitro benzene ring substituents is 1. The number of nitro groups is 1. The number of H-pyrrole nitrogens is 1. The van der Waals surface area contributed by atoms with E-state index in [1.54, 1.807) is 39.3 Å². The van der Waals surface area contributed by atoms with Gasteiger partial charge in [0.1, 0.15) is 17.2 Å². The van der Waals surface area contributed by atoms with Crippen LogP contribution >= 0.6 is 0 Å². The van der Waals surface area contributed by atoms with Gasteiger partial charge in [0.25, 0.3) is 11.2 Å². The van der Waals surface area contributed by atoms with E-state index in [9.17, 15) is 14.9 Å². The van der Waals surface area contributed by atoms with Crippen LogP contribution in [-0.4, -0.2) is 34.6 Å². The second-order valence-electron chi connectivity index (χ2n) is 7.38. The minimum absolute atomic E-state index is 0.0604. The zero-order valence-electron chi connectivity index (χ0n) is 18.8. The summed E-state index contributed by atoms with van der Waals surface area (Å²) < 4.78 is 12.1. The maximum absolute atomic E-state index is 13.6. The van der Waals surface area contributed by atoms with Crippen LogP contribution in [0.2, 0.25) is 0 Å². The van der Waals surface area contributed by atoms with Crippen molar-refractivity contribution in [3.63, 3.8) is 0 Å². The molecule has 0 saturated carbocycles. The Hall–Kier alpha value is -4.66. The zero-order chi connectivity index (χ0) is 24.2. The number of rotatable bonds is 7. The molecule has 0 aliphatic heterocycles. The minimum Gasteiger partial charge on any atom is -0.497 e. The third kappa shape index (κ3) is 4.31. The first-order chi connectivity index (χ1) is 16.4. The minimum atomic E-state index is -0.486. The van der Waals surface area contributed by atoms with Crippen molar-refractivity contribution in [3.05, 3.63) is 98.8 Å². The Morgan fingerprint density at radius 2 is 1.71 bits per heavy atom. The Balaban J connectivity index is 1.90. The lowest BCUT2D eigenvalue weighted by atomic mass is 10.1. The van der Waals surface area contributed by atoms with Crippen LogP contribution in [0.3, 0.4) is 0 Å². The first kappa shape index (κ1) is 22.5. The number of nitro benzene ring substituents is 1. The molecule has 0 spiro atoms. The number of aromatic amines is 1. The molecule has 0 aliphatic rings. The number of aliphatic imine (C=N–C) groups is 1. The standard InChI is InChI=1S/C25H22N4O5/c1-16(26-21-15-20(33-2)13-14-22(21)34-3)23-24(17-7-5-4-6-8-17)27-28(25(23)30)18-9-11-19(12-10-18)29(31)32/h4-15,27H,1-3H3. The molecule has 0 atom stereocenters. The Bertz CT molecular complexity index is 1420. The van der Waals surface area contributed by atoms with Crippen LogP contribution in [0.15, 0.2) is 82.6 Å². The molecule has 0 unspecified atom stereocenters. The van der Waals surface area contributed by atoms with Crippen LogP contribution in [0.4, 0.5) is 11.4 Å². The van der Waals surface area contributed by atoms with Crippen molar-refractivity contribution in [1.29, 1.82) is 0 Å². The van der Waals surface area contributed by atoms with E-state index in [2.05, 4.69) is 10.1 Å². The molecule has 9 nitrogen and oxygen atoms in total. The second kappa shape index (κ2) is 9.45. The Labute approximate surface area is 195 Å². The molecule has 4 aromatic rings. The molecule has 1 N–H and O–H groups in total. The highest BCUT2D eigenvalue weighted by atomic mass is 16.6. The number of methoxy groups -OCH3 is 2. The lowest BCUT2D eigenvalue weighted by Crippen LogP contribution is -2.19. The van der Waals surface area contributed by atoms with E-state index in [0.29, 0.717) is 39.8 Å². The lowest BCUT2D eigenvalue weighted by Gasteiger charge is -2.08. The molecule has 0 saturated heterocycles. The second-order valence-corrected chi connectivity index (χ2v) is 7.38. The molecule has 0 fully saturated rings. The van der Waals surface area contributed by atoms with Crippen molar-refractivity contribution in [2.45, 2.75) is 6.92 Å². The summed E-state index contributed by atoms with van der Waals surface area (Å²) in [6, 6.07) is 20.4. The summed E-state index contributed by atoms with van der Waals surface area (Å²) >= 11 is 0. The third-order valence-electron chi connectivity index (χ3n) is 5.31. The van der Waals surface area contributed by atoms with Gasteiger partial charge in [-0.2, -0.15) is 0 Å². The van der Waals surface area contributed by atoms with E-state index in [-0.39, 0.29) is 11.2 Å². The quantitative estimate of drug-likeness (QED) is 0.241. The Kier molecular flexibility index (Phi) is 6.26. The molecule has 0 amide bonds. The van der Waals surface area contributed by atoms with Gasteiger partial charge in [-0.05, 0) is 31.2 Å². The van der Waals surface area contributed by atoms with Crippen LogP contribution in [0.5, 0.6) is 11.5 Å². The van der Waals surface area contributed by atoms with E-state index < -0.39 is 4.92 Å². The van der Waals surface area contributed by atoms with Crippen LogP contribution in [0, 0.1) is 10.1 Å². The van der Waals surface area contributed by atoms with Gasteiger partial charge in [-0.25, -0.2) is 9.67 Å². The average Bonchev–Trinajstić information content (AvgIpc) is 3.21. The van der Waals surface area contributed by atoms with Crippen LogP contribution in [0.1, 0.15) is 12.5 Å². The zero-order valence-corrected chi connectivity index (χ0v) is 18.8. The topological polar surface area (TPSA) is 112 Å². The summed E-state index contributed by atoms with van der Waals surface area (Å²) in [6.07, 6.45) is 0. The summed E-state index contributed by atoms with van der Waals surface area (Å²) in [4.78, 5) is 28.8. The van der Waals surface area contributed by atoms with Gasteiger partial charge in [-0.1, -0.05) is 30.3 Å². The van der Waals surface area contributed by atoms with Gasteiger partial charge in [0, 0.05) is 23.8 Å². The van der Waals surface area contributed by atoms with Gasteiger partial charge in [-0.15, -0.1) is 0 Å². The van der Waals surface area contributed by atoms with Gasteiger partial charge >= 0.3 is 0 Å². The van der Waals surface area contributed by atoms with Crippen LogP contribution in [0.25, 0.3) is 16.9 Å². The van der Waals surface area contributed by atoms with Crippen LogP contribution < -0.4 is 15.0 Å². The van der Waals surface area contributed by atoms with E-state index in [0.717, 1.165) is 5.56 Å². The van der Waals surface area contributed by atoms with Gasteiger partial charge < -0.3 is 9.47 Å². The SMILES string of the molecule is COc1ccc(OC)c(N=C(C)c2c(-c3ccccc3)[nH]n(-c3ccc([N+](=O)[O-])cc3)c2=O)c1. The molecule has 1 heterocycles. The first-order valence-corrected chi connectivity index (χ1v) is 10.4. The van der Waals surface area contributed by atoms with E-state index in [4.69, 9.17) is 9.47 Å². The molecule has 1 aromatic heterocycles. The molecule has 4 rings (SSSR count). The summed E-state index contributed by atoms with van der Waals surface area (Å²) in [7, 11) is 3.11. The van der Waals surface area contributed by atoms with Crippen molar-refractivity contribution in [2.24, 2.45) is 4.99 Å². The monoisotopic (exact) mass is 458 g/mol. The largest absolute Gasteiger partial charge is 0.497 e. The van der Waals surface area contributed by atoms with Crippen molar-refractivity contribution >= 4 is 17.1 Å². The van der Waals surface area contributed by atoms with Gasteiger partial charge in [-0.3, -0.25) is 20.0 Å². The van der Waals surface area contributed by atoms with Gasteiger partial charge in [0.2, 0.25) is 0 Å². The maximum atomic E-state index is 13.6. The predicted molar refractivity (Wildman–Crippen MR) is 130 cm³/mol. The number of aromatic nitrogens is 2. The van der Waals surface area contributed by atoms with Gasteiger partial charge in [0.05, 0.1) is 41.8 Å². The number of ether oxygens (including phenoxy) is 2. The van der Waals surface area contributed by atoms with Crippen LogP contribution in [-0.2, 0) is 0 Å². The third-order valence-corrected chi connectivity index (χ3v) is 5.31. The predicted octanol–water partition coefficient (Wildman–Crippen LogP) is 4.90. The molecular weight excluding hydrogens is 436 g/mol. The summed E-state index contributed by atoms with van der Waals surface area (Å²) in [5.74, 6) is 1.14. The van der Waals surface area contributed by atoms with Crippen molar-refractivity contribution in [3.8, 4) is 28.4 Å². The van der Waals surface area contributed by atoms with E-state index in [1.165, 1.54) is 28.9 Å². The number of nitrogens with one attached hydrogen (secondary N) is 1.